The van der Waals surface area contributed by atoms with Crippen molar-refractivity contribution in [1.82, 2.24) is 14.5 Å². The third-order valence-electron chi connectivity index (χ3n) is 7.00. The summed E-state index contributed by atoms with van der Waals surface area (Å²) in [6, 6.07) is 19.3. The summed E-state index contributed by atoms with van der Waals surface area (Å²) in [5, 5.41) is 10.2. The molecule has 1 N–H and O–H groups in total. The van der Waals surface area contributed by atoms with Gasteiger partial charge in [-0.15, -0.1) is 0 Å². The van der Waals surface area contributed by atoms with E-state index in [1.165, 1.54) is 11.0 Å². The number of amides is 1. The van der Waals surface area contributed by atoms with E-state index in [0.717, 1.165) is 16.6 Å². The van der Waals surface area contributed by atoms with Gasteiger partial charge in [0.05, 0.1) is 17.1 Å². The van der Waals surface area contributed by atoms with Gasteiger partial charge in [-0.2, -0.15) is 0 Å². The summed E-state index contributed by atoms with van der Waals surface area (Å²) in [5.41, 5.74) is 3.41. The second-order valence-corrected chi connectivity index (χ2v) is 9.74. The lowest BCUT2D eigenvalue weighted by molar-refractivity contribution is 0.136. The van der Waals surface area contributed by atoms with E-state index >= 15 is 0 Å². The minimum Gasteiger partial charge on any atom is -0.465 e. The maximum absolute atomic E-state index is 14.7. The van der Waals surface area contributed by atoms with Crippen LogP contribution in [0.5, 0.6) is 0 Å². The number of halogens is 1. The fourth-order valence-corrected chi connectivity index (χ4v) is 5.14. The molecule has 2 aromatic heterocycles. The maximum Gasteiger partial charge on any atom is 0.407 e. The summed E-state index contributed by atoms with van der Waals surface area (Å²) in [6.07, 6.45) is -0.951. The first-order chi connectivity index (χ1) is 17.8. The average molecular weight is 501 g/mol. The minimum atomic E-state index is -0.951. The third kappa shape index (κ3) is 4.43. The van der Waals surface area contributed by atoms with Crippen LogP contribution in [0.3, 0.4) is 0 Å². The number of anilines is 1. The first-order valence-corrected chi connectivity index (χ1v) is 12.4. The predicted molar refractivity (Wildman–Crippen MR) is 143 cm³/mol. The van der Waals surface area contributed by atoms with E-state index in [9.17, 15) is 19.1 Å². The average Bonchev–Trinajstić information content (AvgIpc) is 2.88. The first kappa shape index (κ1) is 24.5. The van der Waals surface area contributed by atoms with Gasteiger partial charge in [0, 0.05) is 42.7 Å². The molecule has 0 radical (unpaired) electrons. The van der Waals surface area contributed by atoms with Gasteiger partial charge in [-0.25, -0.2) is 14.2 Å². The molecule has 1 aliphatic rings. The van der Waals surface area contributed by atoms with Crippen molar-refractivity contribution < 1.29 is 14.3 Å². The van der Waals surface area contributed by atoms with Crippen LogP contribution in [-0.4, -0.2) is 51.3 Å². The number of para-hydroxylation sites is 1. The second kappa shape index (κ2) is 9.69. The topological polar surface area (TPSA) is 78.7 Å². The normalized spacial score (nSPS) is 16.0. The van der Waals surface area contributed by atoms with E-state index in [0.29, 0.717) is 42.2 Å². The van der Waals surface area contributed by atoms with Crippen LogP contribution in [0.2, 0.25) is 0 Å². The zero-order valence-electron chi connectivity index (χ0n) is 21.1. The number of piperazine rings is 1. The van der Waals surface area contributed by atoms with Crippen LogP contribution in [0, 0.1) is 5.82 Å². The Balaban J connectivity index is 1.77. The number of benzene rings is 2. The van der Waals surface area contributed by atoms with Gasteiger partial charge in [0.1, 0.15) is 11.5 Å². The van der Waals surface area contributed by atoms with E-state index in [1.807, 2.05) is 37.3 Å². The van der Waals surface area contributed by atoms with Crippen LogP contribution in [0.25, 0.3) is 28.0 Å². The molecule has 1 atom stereocenters. The number of nitrogens with zero attached hydrogens (tertiary/aromatic N) is 4. The fraction of sp³-hybridized carbons (Fsp3) is 0.276. The van der Waals surface area contributed by atoms with E-state index in [-0.39, 0.29) is 23.3 Å². The third-order valence-corrected chi connectivity index (χ3v) is 7.00. The molecule has 8 heteroatoms. The Morgan fingerprint density at radius 3 is 2.46 bits per heavy atom. The van der Waals surface area contributed by atoms with Gasteiger partial charge in [0.15, 0.2) is 0 Å². The molecule has 4 aromatic rings. The molecule has 0 saturated carbocycles. The van der Waals surface area contributed by atoms with Crippen molar-refractivity contribution in [3.05, 3.63) is 88.5 Å². The van der Waals surface area contributed by atoms with E-state index in [4.69, 9.17) is 4.98 Å². The monoisotopic (exact) mass is 500 g/mol. The predicted octanol–water partition coefficient (Wildman–Crippen LogP) is 5.50. The molecule has 5 rings (SSSR count). The lowest BCUT2D eigenvalue weighted by Crippen LogP contribution is -2.53. The van der Waals surface area contributed by atoms with Crippen molar-refractivity contribution in [2.24, 2.45) is 0 Å². The standard InChI is InChI=1S/C29H29FN4O3/c1-18(2)20-8-5-7-11-25(20)34-27(35)16-26(33-15-14-32(29(36)37)17-19(33)3)22-12-13-24(31-28(22)34)21-9-4-6-10-23(21)30/h4-13,16,18-19H,14-15,17H2,1-3H3,(H,36,37)/t19-/m0/s1. The fourth-order valence-electron chi connectivity index (χ4n) is 5.14. The Morgan fingerprint density at radius 1 is 1.03 bits per heavy atom. The highest BCUT2D eigenvalue weighted by Gasteiger charge is 2.29. The van der Waals surface area contributed by atoms with Crippen LogP contribution in [0.4, 0.5) is 14.9 Å². The van der Waals surface area contributed by atoms with Crippen molar-refractivity contribution >= 4 is 22.8 Å². The smallest absolute Gasteiger partial charge is 0.407 e. The van der Waals surface area contributed by atoms with Crippen LogP contribution >= 0.6 is 0 Å². The number of hydrogen-bond acceptors (Lipinski definition) is 4. The number of hydrogen-bond donors (Lipinski definition) is 1. The second-order valence-electron chi connectivity index (χ2n) is 9.74. The molecular formula is C29H29FN4O3. The molecule has 1 amide bonds. The number of rotatable bonds is 4. The molecule has 3 heterocycles. The molecule has 0 aliphatic carbocycles. The number of fused-ring (bicyclic) bond motifs is 1. The molecule has 0 unspecified atom stereocenters. The summed E-state index contributed by atoms with van der Waals surface area (Å²) in [4.78, 5) is 33.6. The maximum atomic E-state index is 14.7. The molecule has 1 aliphatic heterocycles. The van der Waals surface area contributed by atoms with Crippen LogP contribution < -0.4 is 10.5 Å². The van der Waals surface area contributed by atoms with Gasteiger partial charge in [0.2, 0.25) is 0 Å². The van der Waals surface area contributed by atoms with Crippen molar-refractivity contribution in [1.29, 1.82) is 0 Å². The van der Waals surface area contributed by atoms with E-state index in [1.54, 1.807) is 34.9 Å². The SMILES string of the molecule is CC(C)c1ccccc1-n1c(=O)cc(N2CCN(C(=O)O)C[C@@H]2C)c2ccc(-c3ccccc3F)nc21. The highest BCUT2D eigenvalue weighted by Crippen LogP contribution is 2.33. The summed E-state index contributed by atoms with van der Waals surface area (Å²) >= 11 is 0. The van der Waals surface area contributed by atoms with Gasteiger partial charge in [-0.1, -0.05) is 44.2 Å². The Morgan fingerprint density at radius 2 is 1.76 bits per heavy atom. The molecule has 1 fully saturated rings. The molecule has 7 nitrogen and oxygen atoms in total. The van der Waals surface area contributed by atoms with E-state index in [2.05, 4.69) is 18.7 Å². The lowest BCUT2D eigenvalue weighted by Gasteiger charge is -2.40. The summed E-state index contributed by atoms with van der Waals surface area (Å²) in [5.74, 6) is -0.225. The summed E-state index contributed by atoms with van der Waals surface area (Å²) < 4.78 is 16.3. The Labute approximate surface area is 214 Å². The zero-order valence-corrected chi connectivity index (χ0v) is 21.1. The Bertz CT molecular complexity index is 1550. The number of carbonyl (C=O) groups is 1. The molecule has 0 spiro atoms. The summed E-state index contributed by atoms with van der Waals surface area (Å²) in [7, 11) is 0. The van der Waals surface area contributed by atoms with Crippen LogP contribution in [0.15, 0.2) is 71.5 Å². The molecule has 37 heavy (non-hydrogen) atoms. The number of aromatic nitrogens is 2. The number of pyridine rings is 2. The number of carboxylic acid groups (broad SMARTS) is 1. The quantitative estimate of drug-likeness (QED) is 0.400. The highest BCUT2D eigenvalue weighted by atomic mass is 19.1. The van der Waals surface area contributed by atoms with Crippen LogP contribution in [-0.2, 0) is 0 Å². The molecule has 1 saturated heterocycles. The van der Waals surface area contributed by atoms with Gasteiger partial charge in [0.25, 0.3) is 5.56 Å². The van der Waals surface area contributed by atoms with Gasteiger partial charge < -0.3 is 14.9 Å². The minimum absolute atomic E-state index is 0.141. The Kier molecular flexibility index (Phi) is 6.41. The van der Waals surface area contributed by atoms with Crippen molar-refractivity contribution in [2.45, 2.75) is 32.7 Å². The molecule has 0 bridgehead atoms. The molecular weight excluding hydrogens is 471 g/mol. The van der Waals surface area contributed by atoms with Gasteiger partial charge in [-0.3, -0.25) is 9.36 Å². The van der Waals surface area contributed by atoms with Crippen molar-refractivity contribution in [3.63, 3.8) is 0 Å². The lowest BCUT2D eigenvalue weighted by atomic mass is 10.0. The van der Waals surface area contributed by atoms with Crippen molar-refractivity contribution in [2.75, 3.05) is 24.5 Å². The Hall–Kier alpha value is -4.20. The molecule has 2 aromatic carbocycles. The first-order valence-electron chi connectivity index (χ1n) is 12.4. The van der Waals surface area contributed by atoms with E-state index < -0.39 is 6.09 Å². The van der Waals surface area contributed by atoms with Crippen molar-refractivity contribution in [3.8, 4) is 16.9 Å². The summed E-state index contributed by atoms with van der Waals surface area (Å²) in [6.45, 7) is 7.20. The van der Waals surface area contributed by atoms with Gasteiger partial charge >= 0.3 is 6.09 Å². The van der Waals surface area contributed by atoms with Gasteiger partial charge in [-0.05, 0) is 48.7 Å². The molecule has 190 valence electrons. The largest absolute Gasteiger partial charge is 0.465 e. The highest BCUT2D eigenvalue weighted by molar-refractivity contribution is 5.92. The van der Waals surface area contributed by atoms with Crippen LogP contribution in [0.1, 0.15) is 32.3 Å². The zero-order chi connectivity index (χ0) is 26.3.